The smallest absolute Gasteiger partial charge is 0.537 e. The molecule has 2 aromatic heterocycles. The molecule has 20 nitrogen and oxygen atoms in total. The van der Waals surface area contributed by atoms with Crippen molar-refractivity contribution in [2.45, 2.75) is 37.0 Å². The molecule has 2 saturated heterocycles. The number of anilines is 3. The maximum atomic E-state index is 14.4. The van der Waals surface area contributed by atoms with E-state index in [1.54, 1.807) is 0 Å². The number of benzene rings is 2. The minimum Gasteiger partial charge on any atom is -0.537 e. The molecule has 1 radical (unpaired) electrons. The lowest BCUT2D eigenvalue weighted by Crippen LogP contribution is -2.32. The number of hydrogen-bond acceptors (Lipinski definition) is 14. The van der Waals surface area contributed by atoms with Gasteiger partial charge in [0, 0.05) is 45.9 Å². The van der Waals surface area contributed by atoms with Crippen molar-refractivity contribution in [2.75, 3.05) is 51.7 Å². The molecule has 321 valence electrons. The molecule has 2 amide bonds. The summed E-state index contributed by atoms with van der Waals surface area (Å²) >= 11 is 6.13. The van der Waals surface area contributed by atoms with Crippen molar-refractivity contribution in [1.82, 2.24) is 19.6 Å². The molecule has 4 heterocycles. The third kappa shape index (κ3) is 11.8. The van der Waals surface area contributed by atoms with Crippen molar-refractivity contribution in [3.8, 4) is 5.75 Å². The number of halogens is 4. The molecule has 25 heteroatoms. The fraction of sp³-hybridized carbons (Fsp3) is 0.333. The van der Waals surface area contributed by atoms with Crippen LogP contribution in [0.4, 0.5) is 26.1 Å². The third-order valence-electron chi connectivity index (χ3n) is 8.90. The molecule has 0 aliphatic carbocycles. The van der Waals surface area contributed by atoms with Gasteiger partial charge in [-0.2, -0.15) is 10.2 Å². The fourth-order valence-electron chi connectivity index (χ4n) is 5.88. The van der Waals surface area contributed by atoms with Crippen LogP contribution in [0.1, 0.15) is 66.4 Å². The van der Waals surface area contributed by atoms with E-state index >= 15 is 0 Å². The van der Waals surface area contributed by atoms with E-state index in [1.807, 2.05) is 0 Å². The summed E-state index contributed by atoms with van der Waals surface area (Å²) in [5, 5.41) is 19.5. The Kier molecular flexibility index (Phi) is 17.1. The van der Waals surface area contributed by atoms with E-state index in [4.69, 9.17) is 44.8 Å². The molecule has 2 aliphatic rings. The van der Waals surface area contributed by atoms with Gasteiger partial charge in [-0.25, -0.2) is 31.5 Å². The summed E-state index contributed by atoms with van der Waals surface area (Å²) in [6, 6.07) is 3.69. The lowest BCUT2D eigenvalue weighted by atomic mass is 10.1. The first kappa shape index (κ1) is 47.6. The second-order valence-corrected chi connectivity index (χ2v) is 14.4. The van der Waals surface area contributed by atoms with E-state index in [0.29, 0.717) is 40.3 Å². The summed E-state index contributed by atoms with van der Waals surface area (Å²) in [4.78, 5) is 52.9. The Morgan fingerprint density at radius 1 is 0.852 bits per heavy atom. The van der Waals surface area contributed by atoms with Crippen molar-refractivity contribution >= 4 is 80.6 Å². The first-order valence-corrected chi connectivity index (χ1v) is 19.1. The van der Waals surface area contributed by atoms with Gasteiger partial charge in [-0.05, 0) is 50.1 Å². The Bertz CT molecular complexity index is 2310. The van der Waals surface area contributed by atoms with Crippen LogP contribution in [0.25, 0.3) is 9.69 Å². The molecule has 6 rings (SSSR count). The molecule has 2 aromatic carbocycles. The number of esters is 2. The molecule has 2 unspecified atom stereocenters. The normalized spacial score (nSPS) is 18.0. The zero-order valence-electron chi connectivity index (χ0n) is 32.1. The summed E-state index contributed by atoms with van der Waals surface area (Å²) < 4.78 is 55.3. The third-order valence-corrected chi connectivity index (χ3v) is 10.2. The van der Waals surface area contributed by atoms with E-state index in [0.717, 1.165) is 26.4 Å². The predicted octanol–water partition coefficient (Wildman–Crippen LogP) is 3.76. The maximum absolute atomic E-state index is 14.4. The molecule has 8 N–H and O–H groups in total. The minimum atomic E-state index is -0.828. The standard InChI is InChI=1S/C18H17BrFN5O4.C10H13N5O2.C8H6BBrFO4/c1-22-13-3-4-29-8-14(13)25-7-10(16(21)26)17(24-25)23-9-5-11(19)15(12(20)6-9)18(27)28-2;1-13-7-2-3-17-5-8(7)15-4-6(10(12)16)9(11)14-15;1-14-8(12)7-5(10)2-4(15-9-13)3-6(7)11/h5-7,13-14H,3-4,8H2,2H3,(H2,21,26)(H,23,24);4,7-8H,2-3,5H2,(H2,11,14)(H2,12,16);2-3,13H,1H3/t13-,14?;7-,8?;/m00./s1. The van der Waals surface area contributed by atoms with Crippen LogP contribution in [0.2, 0.25) is 0 Å². The highest BCUT2D eigenvalue weighted by molar-refractivity contribution is 9.10. The molecule has 2 aliphatic heterocycles. The molecule has 0 saturated carbocycles. The number of nitrogens with one attached hydrogen (secondary N) is 1. The topological polar surface area (TPSA) is 269 Å². The van der Waals surface area contributed by atoms with E-state index in [2.05, 4.69) is 71.2 Å². The average Bonchev–Trinajstić information content (AvgIpc) is 3.84. The highest BCUT2D eigenvalue weighted by atomic mass is 79.9. The van der Waals surface area contributed by atoms with Crippen molar-refractivity contribution in [3.63, 3.8) is 0 Å². The van der Waals surface area contributed by atoms with Gasteiger partial charge >= 0.3 is 19.6 Å². The van der Waals surface area contributed by atoms with Crippen LogP contribution >= 0.6 is 31.9 Å². The SMILES string of the molecule is COC(=O)c1c(F)cc(O[B]O)cc1Br.[C-]#[N+][C@H]1CCOCC1n1cc(C(N)=O)c(N)n1.[C-]#[N+][C@H]1CCOCC1n1cc(C(N)=O)c(Nc2cc(F)c(C(=O)OC)c(Br)c2)n1. The number of methoxy groups -OCH3 is 2. The lowest BCUT2D eigenvalue weighted by molar-refractivity contribution is 0.0506. The van der Waals surface area contributed by atoms with Gasteiger partial charge in [0.05, 0.1) is 40.6 Å². The number of nitrogen functional groups attached to an aromatic ring is 1. The largest absolute Gasteiger partial charge is 0.569 e. The predicted molar refractivity (Wildman–Crippen MR) is 218 cm³/mol. The Hall–Kier alpha value is -6.12. The van der Waals surface area contributed by atoms with Crippen LogP contribution in [-0.2, 0) is 18.9 Å². The van der Waals surface area contributed by atoms with Gasteiger partial charge in [0.25, 0.3) is 11.8 Å². The molecule has 0 bridgehead atoms. The number of nitrogens with zero attached hydrogens (tertiary/aromatic N) is 6. The van der Waals surface area contributed by atoms with Gasteiger partial charge in [-0.1, -0.05) is 0 Å². The number of nitrogens with two attached hydrogens (primary N) is 3. The first-order chi connectivity index (χ1) is 29.1. The Labute approximate surface area is 363 Å². The molecule has 4 atom stereocenters. The van der Waals surface area contributed by atoms with Crippen molar-refractivity contribution in [2.24, 2.45) is 11.5 Å². The zero-order chi connectivity index (χ0) is 45.0. The van der Waals surface area contributed by atoms with Crippen LogP contribution in [0.5, 0.6) is 5.75 Å². The number of rotatable bonds is 10. The van der Waals surface area contributed by atoms with Crippen molar-refractivity contribution in [1.29, 1.82) is 0 Å². The second kappa shape index (κ2) is 21.9. The Balaban J connectivity index is 0.000000218. The monoisotopic (exact) mass is 975 g/mol. The minimum absolute atomic E-state index is 0.0644. The van der Waals surface area contributed by atoms with Gasteiger partial charge in [-0.3, -0.25) is 19.0 Å². The summed E-state index contributed by atoms with van der Waals surface area (Å²) in [6.07, 6.45) is 4.13. The number of amides is 2. The molecule has 0 spiro atoms. The number of carbonyl (C=O) groups is 4. The molecule has 4 aromatic rings. The van der Waals surface area contributed by atoms with Gasteiger partial charge in [0.2, 0.25) is 12.1 Å². The average molecular weight is 977 g/mol. The zero-order valence-corrected chi connectivity index (χ0v) is 35.3. The molecular formula is C36H36BBr2F2N10O10. The highest BCUT2D eigenvalue weighted by Crippen LogP contribution is 2.31. The van der Waals surface area contributed by atoms with E-state index in [1.165, 1.54) is 33.9 Å². The lowest BCUT2D eigenvalue weighted by Gasteiger charge is -2.23. The summed E-state index contributed by atoms with van der Waals surface area (Å²) in [7, 11) is 2.72. The molecule has 2 fully saturated rings. The number of carbonyl (C=O) groups excluding carboxylic acids is 4. The molecular weight excluding hydrogens is 941 g/mol. The van der Waals surface area contributed by atoms with Gasteiger partial charge in [-0.15, -0.1) is 0 Å². The molecule has 61 heavy (non-hydrogen) atoms. The number of primary amides is 2. The van der Waals surface area contributed by atoms with Gasteiger partial charge in [0.1, 0.15) is 51.7 Å². The Morgan fingerprint density at radius 3 is 1.79 bits per heavy atom. The number of aromatic nitrogens is 4. The van der Waals surface area contributed by atoms with Crippen LogP contribution in [-0.4, -0.2) is 109 Å². The van der Waals surface area contributed by atoms with Crippen molar-refractivity contribution in [3.05, 3.63) is 102 Å². The Morgan fingerprint density at radius 2 is 1.34 bits per heavy atom. The summed E-state index contributed by atoms with van der Waals surface area (Å²) in [5.41, 5.74) is 16.2. The summed E-state index contributed by atoms with van der Waals surface area (Å²) in [5.74, 6) is -4.34. The van der Waals surface area contributed by atoms with Gasteiger partial charge in [0.15, 0.2) is 11.6 Å². The quantitative estimate of drug-likeness (QED) is 0.0861. The number of hydrogen-bond donors (Lipinski definition) is 5. The fourth-order valence-corrected chi connectivity index (χ4v) is 7.06. The van der Waals surface area contributed by atoms with E-state index < -0.39 is 35.4 Å². The summed E-state index contributed by atoms with van der Waals surface area (Å²) in [6.45, 7) is 16.2. The van der Waals surface area contributed by atoms with Gasteiger partial charge < -0.3 is 60.8 Å². The van der Waals surface area contributed by atoms with Crippen molar-refractivity contribution < 1.29 is 56.6 Å². The van der Waals surface area contributed by atoms with Crippen LogP contribution < -0.4 is 27.2 Å². The van der Waals surface area contributed by atoms with Crippen LogP contribution in [0, 0.1) is 24.8 Å². The highest BCUT2D eigenvalue weighted by Gasteiger charge is 2.35. The first-order valence-electron chi connectivity index (χ1n) is 17.5. The number of ether oxygens (including phenoxy) is 4. The van der Waals surface area contributed by atoms with Crippen LogP contribution in [0.15, 0.2) is 45.6 Å². The van der Waals surface area contributed by atoms with E-state index in [-0.39, 0.29) is 85.0 Å². The second-order valence-electron chi connectivity index (χ2n) is 12.7. The van der Waals surface area contributed by atoms with Crippen LogP contribution in [0.3, 0.4) is 0 Å². The van der Waals surface area contributed by atoms with E-state index in [9.17, 15) is 28.0 Å². The maximum Gasteiger partial charge on any atom is 0.569 e.